The van der Waals surface area contributed by atoms with Gasteiger partial charge in [-0.1, -0.05) is 0 Å². The molecular formula is C12H21N5O2. The third-order valence-corrected chi connectivity index (χ3v) is 2.31. The first-order valence-corrected chi connectivity index (χ1v) is 6.14. The van der Waals surface area contributed by atoms with Crippen molar-refractivity contribution in [3.8, 4) is 0 Å². The van der Waals surface area contributed by atoms with Crippen molar-refractivity contribution in [1.29, 1.82) is 0 Å². The van der Waals surface area contributed by atoms with E-state index in [4.69, 9.17) is 4.74 Å². The zero-order valence-corrected chi connectivity index (χ0v) is 11.6. The summed E-state index contributed by atoms with van der Waals surface area (Å²) in [5.74, 6) is 1.23. The van der Waals surface area contributed by atoms with Crippen molar-refractivity contribution in [2.45, 2.75) is 13.5 Å². The van der Waals surface area contributed by atoms with E-state index in [0.717, 1.165) is 5.69 Å². The van der Waals surface area contributed by atoms with Gasteiger partial charge in [0.15, 0.2) is 0 Å². The predicted molar refractivity (Wildman–Crippen MR) is 72.9 cm³/mol. The van der Waals surface area contributed by atoms with Crippen LogP contribution in [0.1, 0.15) is 11.5 Å². The van der Waals surface area contributed by atoms with Crippen LogP contribution in [-0.2, 0) is 16.1 Å². The van der Waals surface area contributed by atoms with Crippen LogP contribution < -0.4 is 16.0 Å². The third kappa shape index (κ3) is 6.12. The van der Waals surface area contributed by atoms with Crippen LogP contribution in [-0.4, -0.2) is 49.7 Å². The first-order chi connectivity index (χ1) is 9.15. The summed E-state index contributed by atoms with van der Waals surface area (Å²) in [6, 6.07) is 1.83. The molecule has 1 aromatic heterocycles. The molecule has 0 radical (unpaired) electrons. The van der Waals surface area contributed by atoms with Gasteiger partial charge in [-0.05, 0) is 14.0 Å². The number of nitrogens with one attached hydrogen (secondary N) is 3. The van der Waals surface area contributed by atoms with Crippen LogP contribution in [0.15, 0.2) is 6.07 Å². The van der Waals surface area contributed by atoms with Gasteiger partial charge in [-0.15, -0.1) is 0 Å². The van der Waals surface area contributed by atoms with Crippen molar-refractivity contribution in [2.24, 2.45) is 0 Å². The van der Waals surface area contributed by atoms with Gasteiger partial charge in [-0.2, -0.15) is 0 Å². The monoisotopic (exact) mass is 267 g/mol. The van der Waals surface area contributed by atoms with E-state index >= 15 is 0 Å². The molecule has 0 aliphatic rings. The molecule has 7 heteroatoms. The summed E-state index contributed by atoms with van der Waals surface area (Å²) in [6.07, 6.45) is 0. The zero-order valence-electron chi connectivity index (χ0n) is 11.6. The second-order valence-electron chi connectivity index (χ2n) is 4.02. The van der Waals surface area contributed by atoms with E-state index in [1.807, 2.05) is 20.0 Å². The summed E-state index contributed by atoms with van der Waals surface area (Å²) < 4.78 is 4.85. The summed E-state index contributed by atoms with van der Waals surface area (Å²) in [4.78, 5) is 20.0. The third-order valence-electron chi connectivity index (χ3n) is 2.31. The Morgan fingerprint density at radius 1 is 1.42 bits per heavy atom. The van der Waals surface area contributed by atoms with E-state index in [-0.39, 0.29) is 12.5 Å². The first-order valence-electron chi connectivity index (χ1n) is 6.14. The van der Waals surface area contributed by atoms with E-state index in [2.05, 4.69) is 25.9 Å². The van der Waals surface area contributed by atoms with Gasteiger partial charge < -0.3 is 20.7 Å². The molecule has 1 amide bonds. The molecule has 0 aromatic carbocycles. The second kappa shape index (κ2) is 8.39. The molecule has 19 heavy (non-hydrogen) atoms. The van der Waals surface area contributed by atoms with Crippen LogP contribution in [0.4, 0.5) is 5.82 Å². The molecule has 0 fully saturated rings. The Labute approximate surface area is 113 Å². The minimum Gasteiger partial charge on any atom is -0.383 e. The molecular weight excluding hydrogens is 246 g/mol. The Hall–Kier alpha value is -1.73. The van der Waals surface area contributed by atoms with Crippen molar-refractivity contribution < 1.29 is 9.53 Å². The zero-order chi connectivity index (χ0) is 14.1. The SMILES string of the molecule is CNCc1cc(NCC(=O)NCCOC)nc(C)n1. The molecule has 106 valence electrons. The van der Waals surface area contributed by atoms with E-state index in [0.29, 0.717) is 31.3 Å². The van der Waals surface area contributed by atoms with E-state index in [9.17, 15) is 4.79 Å². The number of methoxy groups -OCH3 is 1. The summed E-state index contributed by atoms with van der Waals surface area (Å²) in [5.41, 5.74) is 0.886. The summed E-state index contributed by atoms with van der Waals surface area (Å²) >= 11 is 0. The Kier molecular flexibility index (Phi) is 6.76. The van der Waals surface area contributed by atoms with Crippen LogP contribution in [0.2, 0.25) is 0 Å². The number of hydrogen-bond donors (Lipinski definition) is 3. The van der Waals surface area contributed by atoms with Gasteiger partial charge in [0.1, 0.15) is 11.6 Å². The van der Waals surface area contributed by atoms with Crippen LogP contribution in [0.25, 0.3) is 0 Å². The fourth-order valence-electron chi connectivity index (χ4n) is 1.52. The largest absolute Gasteiger partial charge is 0.383 e. The average Bonchev–Trinajstić information content (AvgIpc) is 2.36. The summed E-state index contributed by atoms with van der Waals surface area (Å²) in [7, 11) is 3.45. The van der Waals surface area contributed by atoms with Crippen molar-refractivity contribution >= 4 is 11.7 Å². The standard InChI is InChI=1S/C12H21N5O2/c1-9-16-10(7-13-2)6-11(17-9)15-8-12(18)14-4-5-19-3/h6,13H,4-5,7-8H2,1-3H3,(H,14,18)(H,15,16,17). The van der Waals surface area contributed by atoms with Gasteiger partial charge in [0.05, 0.1) is 18.8 Å². The first kappa shape index (κ1) is 15.3. The Morgan fingerprint density at radius 3 is 2.89 bits per heavy atom. The normalized spacial score (nSPS) is 10.3. The number of anilines is 1. The van der Waals surface area contributed by atoms with Gasteiger partial charge in [0.25, 0.3) is 0 Å². The van der Waals surface area contributed by atoms with Gasteiger partial charge in [-0.25, -0.2) is 9.97 Å². The maximum atomic E-state index is 11.5. The molecule has 0 unspecified atom stereocenters. The number of carbonyl (C=O) groups excluding carboxylic acids is 1. The number of aromatic nitrogens is 2. The second-order valence-corrected chi connectivity index (χ2v) is 4.02. The molecule has 1 aromatic rings. The Balaban J connectivity index is 2.45. The fraction of sp³-hybridized carbons (Fsp3) is 0.583. The van der Waals surface area contributed by atoms with Gasteiger partial charge in [0, 0.05) is 26.3 Å². The average molecular weight is 267 g/mol. The van der Waals surface area contributed by atoms with Crippen molar-refractivity contribution in [3.63, 3.8) is 0 Å². The van der Waals surface area contributed by atoms with Crippen LogP contribution >= 0.6 is 0 Å². The van der Waals surface area contributed by atoms with Crippen molar-refractivity contribution in [3.05, 3.63) is 17.6 Å². The molecule has 0 spiro atoms. The lowest BCUT2D eigenvalue weighted by Gasteiger charge is -2.09. The lowest BCUT2D eigenvalue weighted by Crippen LogP contribution is -2.32. The number of ether oxygens (including phenoxy) is 1. The number of aryl methyl sites for hydroxylation is 1. The Bertz CT molecular complexity index is 411. The molecule has 0 saturated heterocycles. The molecule has 0 aliphatic heterocycles. The maximum Gasteiger partial charge on any atom is 0.239 e. The Morgan fingerprint density at radius 2 is 2.21 bits per heavy atom. The summed E-state index contributed by atoms with van der Waals surface area (Å²) in [5, 5.41) is 8.73. The van der Waals surface area contributed by atoms with Gasteiger partial charge in [0.2, 0.25) is 5.91 Å². The van der Waals surface area contributed by atoms with E-state index < -0.39 is 0 Å². The molecule has 0 aliphatic carbocycles. The van der Waals surface area contributed by atoms with Crippen LogP contribution in [0.3, 0.4) is 0 Å². The lowest BCUT2D eigenvalue weighted by atomic mass is 10.3. The molecule has 1 heterocycles. The highest BCUT2D eigenvalue weighted by Gasteiger charge is 2.04. The van der Waals surface area contributed by atoms with Crippen molar-refractivity contribution in [2.75, 3.05) is 39.2 Å². The molecule has 1 rings (SSSR count). The number of carbonyl (C=O) groups is 1. The molecule has 0 saturated carbocycles. The van der Waals surface area contributed by atoms with Crippen LogP contribution in [0, 0.1) is 6.92 Å². The topological polar surface area (TPSA) is 88.2 Å². The number of amides is 1. The highest BCUT2D eigenvalue weighted by Crippen LogP contribution is 2.05. The van der Waals surface area contributed by atoms with E-state index in [1.54, 1.807) is 7.11 Å². The summed E-state index contributed by atoms with van der Waals surface area (Å²) in [6.45, 7) is 3.68. The highest BCUT2D eigenvalue weighted by molar-refractivity contribution is 5.80. The molecule has 7 nitrogen and oxygen atoms in total. The molecule has 0 atom stereocenters. The minimum atomic E-state index is -0.0940. The molecule has 0 bridgehead atoms. The van der Waals surface area contributed by atoms with Gasteiger partial charge in [-0.3, -0.25) is 4.79 Å². The van der Waals surface area contributed by atoms with Crippen molar-refractivity contribution in [1.82, 2.24) is 20.6 Å². The smallest absolute Gasteiger partial charge is 0.239 e. The minimum absolute atomic E-state index is 0.0940. The van der Waals surface area contributed by atoms with Gasteiger partial charge >= 0.3 is 0 Å². The predicted octanol–water partition coefficient (Wildman–Crippen LogP) is -0.321. The number of nitrogens with zero attached hydrogens (tertiary/aromatic N) is 2. The number of hydrogen-bond acceptors (Lipinski definition) is 6. The highest BCUT2D eigenvalue weighted by atomic mass is 16.5. The maximum absolute atomic E-state index is 11.5. The number of rotatable bonds is 8. The van der Waals surface area contributed by atoms with Crippen LogP contribution in [0.5, 0.6) is 0 Å². The fourth-order valence-corrected chi connectivity index (χ4v) is 1.52. The van der Waals surface area contributed by atoms with E-state index in [1.165, 1.54) is 0 Å². The molecule has 3 N–H and O–H groups in total. The lowest BCUT2D eigenvalue weighted by molar-refractivity contribution is -0.119. The quantitative estimate of drug-likeness (QED) is 0.559.